The number of halogens is 2. The summed E-state index contributed by atoms with van der Waals surface area (Å²) in [6.45, 7) is 2.76. The number of nitrogens with zero attached hydrogens (tertiary/aromatic N) is 1. The maximum absolute atomic E-state index is 12.7. The van der Waals surface area contributed by atoms with Crippen molar-refractivity contribution < 1.29 is 9.53 Å². The molecular weight excluding hydrogens is 356 g/mol. The minimum atomic E-state index is 0. The third kappa shape index (κ3) is 4.11. The Bertz CT molecular complexity index is 497. The summed E-state index contributed by atoms with van der Waals surface area (Å²) < 4.78 is 5.98. The number of hydrogen-bond donors (Lipinski definition) is 1. The van der Waals surface area contributed by atoms with Gasteiger partial charge in [-0.05, 0) is 60.3 Å². The zero-order valence-corrected chi connectivity index (χ0v) is 14.7. The van der Waals surface area contributed by atoms with Gasteiger partial charge in [-0.15, -0.1) is 12.4 Å². The summed E-state index contributed by atoms with van der Waals surface area (Å²) in [5, 5.41) is 0. The molecule has 2 unspecified atom stereocenters. The first-order chi connectivity index (χ1) is 9.54. The number of carbonyl (C=O) groups is 1. The fourth-order valence-electron chi connectivity index (χ4n) is 2.72. The van der Waals surface area contributed by atoms with Crippen LogP contribution in [0.3, 0.4) is 0 Å². The Labute approximate surface area is 140 Å². The molecule has 1 aliphatic rings. The van der Waals surface area contributed by atoms with Gasteiger partial charge >= 0.3 is 0 Å². The number of piperidine rings is 1. The molecule has 0 aromatic heterocycles. The molecule has 1 amide bonds. The van der Waals surface area contributed by atoms with Crippen molar-refractivity contribution in [1.29, 1.82) is 0 Å². The first-order valence-corrected chi connectivity index (χ1v) is 7.74. The Balaban J connectivity index is 0.00000220. The van der Waals surface area contributed by atoms with E-state index in [4.69, 9.17) is 10.5 Å². The number of amides is 1. The number of rotatable bonds is 3. The van der Waals surface area contributed by atoms with Gasteiger partial charge in [0, 0.05) is 24.2 Å². The molecule has 1 heterocycles. The molecule has 4 nitrogen and oxygen atoms in total. The normalized spacial score (nSPS) is 19.6. The molecule has 2 N–H and O–H groups in total. The van der Waals surface area contributed by atoms with Crippen molar-refractivity contribution in [1.82, 2.24) is 4.90 Å². The van der Waals surface area contributed by atoms with Gasteiger partial charge in [-0.3, -0.25) is 4.79 Å². The van der Waals surface area contributed by atoms with Gasteiger partial charge in [-0.25, -0.2) is 0 Å². The molecule has 1 fully saturated rings. The Hall–Kier alpha value is -0.780. The monoisotopic (exact) mass is 376 g/mol. The van der Waals surface area contributed by atoms with Gasteiger partial charge < -0.3 is 15.4 Å². The molecule has 6 heteroatoms. The van der Waals surface area contributed by atoms with Crippen LogP contribution in [0.2, 0.25) is 0 Å². The number of ether oxygens (including phenoxy) is 1. The van der Waals surface area contributed by atoms with E-state index in [9.17, 15) is 4.79 Å². The van der Waals surface area contributed by atoms with Gasteiger partial charge in [0.25, 0.3) is 5.91 Å². The molecule has 1 aromatic rings. The number of methoxy groups -OCH3 is 1. The van der Waals surface area contributed by atoms with Crippen LogP contribution in [0.1, 0.15) is 36.5 Å². The average Bonchev–Trinajstić information content (AvgIpc) is 2.46. The topological polar surface area (TPSA) is 55.6 Å². The summed E-state index contributed by atoms with van der Waals surface area (Å²) in [6, 6.07) is 5.56. The number of benzene rings is 1. The summed E-state index contributed by atoms with van der Waals surface area (Å²) in [6.07, 6.45) is 3.18. The van der Waals surface area contributed by atoms with E-state index in [2.05, 4.69) is 15.9 Å². The van der Waals surface area contributed by atoms with E-state index in [1.807, 2.05) is 24.0 Å². The molecule has 1 aliphatic heterocycles. The summed E-state index contributed by atoms with van der Waals surface area (Å²) in [4.78, 5) is 14.6. The van der Waals surface area contributed by atoms with E-state index in [-0.39, 0.29) is 30.4 Å². The van der Waals surface area contributed by atoms with Crippen LogP contribution in [0.15, 0.2) is 22.7 Å². The van der Waals surface area contributed by atoms with Crippen LogP contribution in [-0.4, -0.2) is 36.5 Å². The minimum absolute atomic E-state index is 0. The average molecular weight is 378 g/mol. The molecule has 0 aliphatic carbocycles. The van der Waals surface area contributed by atoms with Gasteiger partial charge in [-0.2, -0.15) is 0 Å². The number of likely N-dealkylation sites (tertiary alicyclic amines) is 1. The number of nitrogens with two attached hydrogens (primary N) is 1. The van der Waals surface area contributed by atoms with E-state index in [1.165, 1.54) is 0 Å². The van der Waals surface area contributed by atoms with Crippen LogP contribution in [0.4, 0.5) is 0 Å². The van der Waals surface area contributed by atoms with E-state index in [0.29, 0.717) is 5.56 Å². The molecule has 1 aromatic carbocycles. The Morgan fingerprint density at radius 1 is 1.48 bits per heavy atom. The van der Waals surface area contributed by atoms with E-state index in [0.717, 1.165) is 36.0 Å². The largest absolute Gasteiger partial charge is 0.496 e. The van der Waals surface area contributed by atoms with Crippen molar-refractivity contribution in [3.8, 4) is 5.75 Å². The van der Waals surface area contributed by atoms with E-state index in [1.54, 1.807) is 13.2 Å². The van der Waals surface area contributed by atoms with E-state index < -0.39 is 0 Å². The molecule has 2 rings (SSSR count). The molecule has 118 valence electrons. The molecule has 21 heavy (non-hydrogen) atoms. The maximum Gasteiger partial charge on any atom is 0.254 e. The first-order valence-electron chi connectivity index (χ1n) is 6.94. The van der Waals surface area contributed by atoms with Crippen molar-refractivity contribution in [2.24, 2.45) is 5.73 Å². The van der Waals surface area contributed by atoms with Crippen molar-refractivity contribution in [2.45, 2.75) is 38.3 Å². The van der Waals surface area contributed by atoms with Crippen LogP contribution in [0.25, 0.3) is 0 Å². The molecule has 2 atom stereocenters. The SMILES string of the molecule is COc1ccc(C(=O)N2CCCCC2C(C)N)cc1Br.Cl. The highest BCUT2D eigenvalue weighted by molar-refractivity contribution is 9.10. The van der Waals surface area contributed by atoms with Gasteiger partial charge in [0.15, 0.2) is 0 Å². The predicted molar refractivity (Wildman–Crippen MR) is 90.3 cm³/mol. The maximum atomic E-state index is 12.7. The van der Waals surface area contributed by atoms with Gasteiger partial charge in [0.2, 0.25) is 0 Å². The van der Waals surface area contributed by atoms with Crippen molar-refractivity contribution >= 4 is 34.2 Å². The van der Waals surface area contributed by atoms with E-state index >= 15 is 0 Å². The van der Waals surface area contributed by atoms with Gasteiger partial charge in [0.05, 0.1) is 11.6 Å². The standard InChI is InChI=1S/C15H21BrN2O2.ClH/c1-10(17)13-5-3-4-8-18(13)15(19)11-6-7-14(20-2)12(16)9-11;/h6-7,9-10,13H,3-5,8,17H2,1-2H3;1H. The second-order valence-electron chi connectivity index (χ2n) is 5.27. The molecule has 1 saturated heterocycles. The zero-order valence-electron chi connectivity index (χ0n) is 12.3. The van der Waals surface area contributed by atoms with Crippen LogP contribution in [0, 0.1) is 0 Å². The van der Waals surface area contributed by atoms with Crippen molar-refractivity contribution in [2.75, 3.05) is 13.7 Å². The molecule has 0 bridgehead atoms. The second-order valence-corrected chi connectivity index (χ2v) is 6.12. The molecule has 0 spiro atoms. The van der Waals surface area contributed by atoms with Crippen LogP contribution in [-0.2, 0) is 0 Å². The summed E-state index contributed by atoms with van der Waals surface area (Å²) >= 11 is 3.42. The number of carbonyl (C=O) groups excluding carboxylic acids is 1. The highest BCUT2D eigenvalue weighted by Gasteiger charge is 2.29. The summed E-state index contributed by atoms with van der Waals surface area (Å²) in [5.74, 6) is 0.777. The quantitative estimate of drug-likeness (QED) is 0.880. The number of hydrogen-bond acceptors (Lipinski definition) is 3. The smallest absolute Gasteiger partial charge is 0.254 e. The first kappa shape index (κ1) is 18.3. The Morgan fingerprint density at radius 2 is 2.19 bits per heavy atom. The van der Waals surface area contributed by atoms with Crippen LogP contribution < -0.4 is 10.5 Å². The summed E-state index contributed by atoms with van der Waals surface area (Å²) in [5.41, 5.74) is 6.70. The zero-order chi connectivity index (χ0) is 14.7. The molecular formula is C15H22BrClN2O2. The second kappa shape index (κ2) is 8.01. The van der Waals surface area contributed by atoms with Crippen LogP contribution >= 0.6 is 28.3 Å². The van der Waals surface area contributed by atoms with Gasteiger partial charge in [-0.1, -0.05) is 0 Å². The fraction of sp³-hybridized carbons (Fsp3) is 0.533. The Morgan fingerprint density at radius 3 is 2.76 bits per heavy atom. The lowest BCUT2D eigenvalue weighted by molar-refractivity contribution is 0.0583. The Kier molecular flexibility index (Phi) is 6.97. The highest BCUT2D eigenvalue weighted by atomic mass is 79.9. The van der Waals surface area contributed by atoms with Crippen molar-refractivity contribution in [3.05, 3.63) is 28.2 Å². The fourth-order valence-corrected chi connectivity index (χ4v) is 3.26. The minimum Gasteiger partial charge on any atom is -0.496 e. The third-order valence-corrected chi connectivity index (χ3v) is 4.44. The van der Waals surface area contributed by atoms with Crippen molar-refractivity contribution in [3.63, 3.8) is 0 Å². The molecule has 0 radical (unpaired) electrons. The summed E-state index contributed by atoms with van der Waals surface area (Å²) in [7, 11) is 1.61. The van der Waals surface area contributed by atoms with Gasteiger partial charge in [0.1, 0.15) is 5.75 Å². The third-order valence-electron chi connectivity index (χ3n) is 3.82. The predicted octanol–water partition coefficient (Wildman–Crippen LogP) is 3.22. The van der Waals surface area contributed by atoms with Crippen LogP contribution in [0.5, 0.6) is 5.75 Å². The molecule has 0 saturated carbocycles. The highest BCUT2D eigenvalue weighted by Crippen LogP contribution is 2.27. The lowest BCUT2D eigenvalue weighted by atomic mass is 9.96. The lowest BCUT2D eigenvalue weighted by Gasteiger charge is -2.38. The lowest BCUT2D eigenvalue weighted by Crippen LogP contribution is -2.51.